The van der Waals surface area contributed by atoms with Crippen LogP contribution in [0.4, 0.5) is 13.2 Å². The van der Waals surface area contributed by atoms with E-state index in [2.05, 4.69) is 0 Å². The van der Waals surface area contributed by atoms with E-state index < -0.39 is 17.5 Å². The maximum Gasteiger partial charge on any atom is 0.420 e. The van der Waals surface area contributed by atoms with Crippen LogP contribution in [0.25, 0.3) is 0 Å². The summed E-state index contributed by atoms with van der Waals surface area (Å²) in [5.74, 6) is -0.237. The number of rotatable bonds is 3. The van der Waals surface area contributed by atoms with Crippen molar-refractivity contribution in [3.63, 3.8) is 0 Å². The minimum atomic E-state index is -4.58. The zero-order chi connectivity index (χ0) is 13.9. The number of benzene rings is 2. The number of carbonyl (C=O) groups excluding carboxylic acids is 1. The summed E-state index contributed by atoms with van der Waals surface area (Å²) < 4.78 is 43.8. The fraction of sp³-hybridized carbons (Fsp3) is 0.0714. The number of aldehydes is 1. The van der Waals surface area contributed by atoms with Crippen LogP contribution in [0, 0.1) is 0 Å². The molecule has 2 rings (SSSR count). The average Bonchev–Trinajstić information content (AvgIpc) is 2.39. The zero-order valence-electron chi connectivity index (χ0n) is 9.65. The molecule has 0 aliphatic carbocycles. The summed E-state index contributed by atoms with van der Waals surface area (Å²) in [4.78, 5) is 10.8. The second kappa shape index (κ2) is 5.14. The summed E-state index contributed by atoms with van der Waals surface area (Å²) in [5.41, 5.74) is -1.11. The molecule has 0 unspecified atom stereocenters. The van der Waals surface area contributed by atoms with Gasteiger partial charge < -0.3 is 4.74 Å². The molecule has 0 aromatic heterocycles. The van der Waals surface area contributed by atoms with Crippen LogP contribution in [-0.2, 0) is 6.18 Å². The quantitative estimate of drug-likeness (QED) is 0.774. The molecule has 0 fully saturated rings. The van der Waals surface area contributed by atoms with Crippen molar-refractivity contribution in [3.8, 4) is 11.5 Å². The maximum atomic E-state index is 12.9. The molecule has 2 aromatic carbocycles. The third-order valence-electron chi connectivity index (χ3n) is 2.44. The first kappa shape index (κ1) is 13.1. The molecule has 0 saturated carbocycles. The summed E-state index contributed by atoms with van der Waals surface area (Å²) in [6.45, 7) is 0. The molecular formula is C14H9F3O2. The van der Waals surface area contributed by atoms with E-state index in [4.69, 9.17) is 4.74 Å². The summed E-state index contributed by atoms with van der Waals surface area (Å²) in [7, 11) is 0. The molecule has 0 heterocycles. The van der Waals surface area contributed by atoms with Crippen molar-refractivity contribution in [1.82, 2.24) is 0 Å². The van der Waals surface area contributed by atoms with E-state index in [0.717, 1.165) is 6.07 Å². The monoisotopic (exact) mass is 266 g/mol. The van der Waals surface area contributed by atoms with Crippen molar-refractivity contribution in [3.05, 3.63) is 59.7 Å². The third-order valence-corrected chi connectivity index (χ3v) is 2.44. The molecule has 0 saturated heterocycles. The topological polar surface area (TPSA) is 26.3 Å². The lowest BCUT2D eigenvalue weighted by atomic mass is 10.1. The van der Waals surface area contributed by atoms with E-state index in [0.29, 0.717) is 6.29 Å². The zero-order valence-corrected chi connectivity index (χ0v) is 9.65. The number of carbonyl (C=O) groups is 1. The minimum Gasteiger partial charge on any atom is -0.456 e. The van der Waals surface area contributed by atoms with Gasteiger partial charge >= 0.3 is 6.18 Å². The van der Waals surface area contributed by atoms with Crippen LogP contribution < -0.4 is 4.74 Å². The van der Waals surface area contributed by atoms with Gasteiger partial charge in [0.15, 0.2) is 6.29 Å². The number of para-hydroxylation sites is 2. The van der Waals surface area contributed by atoms with Crippen molar-refractivity contribution < 1.29 is 22.7 Å². The maximum absolute atomic E-state index is 12.9. The smallest absolute Gasteiger partial charge is 0.420 e. The van der Waals surface area contributed by atoms with Gasteiger partial charge in [0.05, 0.1) is 11.1 Å². The lowest BCUT2D eigenvalue weighted by Gasteiger charge is -2.15. The fourth-order valence-electron chi connectivity index (χ4n) is 1.59. The van der Waals surface area contributed by atoms with Gasteiger partial charge in [-0.15, -0.1) is 0 Å². The number of hydrogen-bond acceptors (Lipinski definition) is 2. The molecule has 98 valence electrons. The number of alkyl halides is 3. The third kappa shape index (κ3) is 2.93. The summed E-state index contributed by atoms with van der Waals surface area (Å²) in [6.07, 6.45) is -4.24. The van der Waals surface area contributed by atoms with Gasteiger partial charge in [-0.2, -0.15) is 13.2 Å². The van der Waals surface area contributed by atoms with Gasteiger partial charge in [0.25, 0.3) is 0 Å². The lowest BCUT2D eigenvalue weighted by Crippen LogP contribution is -2.08. The number of ether oxygens (including phenoxy) is 1. The largest absolute Gasteiger partial charge is 0.456 e. The molecule has 2 nitrogen and oxygen atoms in total. The Labute approximate surface area is 107 Å². The van der Waals surface area contributed by atoms with Crippen LogP contribution in [0.3, 0.4) is 0 Å². The Morgan fingerprint density at radius 3 is 2.21 bits per heavy atom. The van der Waals surface area contributed by atoms with Crippen molar-refractivity contribution >= 4 is 6.29 Å². The molecule has 5 heteroatoms. The van der Waals surface area contributed by atoms with Crippen molar-refractivity contribution in [1.29, 1.82) is 0 Å². The molecule has 0 aliphatic heterocycles. The Bertz CT molecular complexity index is 577. The summed E-state index contributed by atoms with van der Waals surface area (Å²) >= 11 is 0. The first-order valence-electron chi connectivity index (χ1n) is 5.40. The van der Waals surface area contributed by atoms with E-state index in [1.165, 1.54) is 24.3 Å². The van der Waals surface area contributed by atoms with Gasteiger partial charge in [-0.1, -0.05) is 24.3 Å². The Morgan fingerprint density at radius 2 is 1.63 bits per heavy atom. The predicted octanol–water partition coefficient (Wildman–Crippen LogP) is 4.31. The van der Waals surface area contributed by atoms with Crippen LogP contribution in [0.15, 0.2) is 48.5 Å². The van der Waals surface area contributed by atoms with E-state index in [1.807, 2.05) is 0 Å². The van der Waals surface area contributed by atoms with Crippen LogP contribution in [0.1, 0.15) is 15.9 Å². The van der Waals surface area contributed by atoms with Crippen LogP contribution >= 0.6 is 0 Å². The molecule has 2 aromatic rings. The summed E-state index contributed by atoms with van der Waals surface area (Å²) in [5, 5.41) is 0. The molecule has 0 bridgehead atoms. The van der Waals surface area contributed by atoms with Crippen LogP contribution in [-0.4, -0.2) is 6.29 Å². The predicted molar refractivity (Wildman–Crippen MR) is 63.3 cm³/mol. The highest BCUT2D eigenvalue weighted by Gasteiger charge is 2.35. The molecule has 0 N–H and O–H groups in total. The van der Waals surface area contributed by atoms with Gasteiger partial charge in [-0.05, 0) is 24.3 Å². The Kier molecular flexibility index (Phi) is 3.55. The highest BCUT2D eigenvalue weighted by molar-refractivity contribution is 5.80. The normalized spacial score (nSPS) is 11.1. The number of hydrogen-bond donors (Lipinski definition) is 0. The van der Waals surface area contributed by atoms with Crippen LogP contribution in [0.2, 0.25) is 0 Å². The van der Waals surface area contributed by atoms with Crippen molar-refractivity contribution in [2.75, 3.05) is 0 Å². The highest BCUT2D eigenvalue weighted by Crippen LogP contribution is 2.39. The Morgan fingerprint density at radius 1 is 0.947 bits per heavy atom. The van der Waals surface area contributed by atoms with Gasteiger partial charge in [0.1, 0.15) is 11.5 Å². The molecule has 0 spiro atoms. The SMILES string of the molecule is O=Cc1cccc(C(F)(F)F)c1Oc1ccccc1. The van der Waals surface area contributed by atoms with Gasteiger partial charge in [0, 0.05) is 0 Å². The van der Waals surface area contributed by atoms with Gasteiger partial charge in [0.2, 0.25) is 0 Å². The van der Waals surface area contributed by atoms with E-state index in [-0.39, 0.29) is 11.3 Å². The van der Waals surface area contributed by atoms with Crippen molar-refractivity contribution in [2.45, 2.75) is 6.18 Å². The van der Waals surface area contributed by atoms with Crippen molar-refractivity contribution in [2.24, 2.45) is 0 Å². The van der Waals surface area contributed by atoms with E-state index in [1.54, 1.807) is 18.2 Å². The average molecular weight is 266 g/mol. The first-order valence-corrected chi connectivity index (χ1v) is 5.40. The molecular weight excluding hydrogens is 257 g/mol. The van der Waals surface area contributed by atoms with E-state index in [9.17, 15) is 18.0 Å². The second-order valence-corrected chi connectivity index (χ2v) is 3.75. The number of halogens is 3. The molecule has 0 atom stereocenters. The first-order chi connectivity index (χ1) is 9.02. The highest BCUT2D eigenvalue weighted by atomic mass is 19.4. The molecule has 0 amide bonds. The summed E-state index contributed by atoms with van der Waals surface area (Å²) in [6, 6.07) is 11.3. The van der Waals surface area contributed by atoms with Gasteiger partial charge in [-0.3, -0.25) is 4.79 Å². The standard InChI is InChI=1S/C14H9F3O2/c15-14(16,17)12-8-4-5-10(9-18)13(12)19-11-6-2-1-3-7-11/h1-9H. The van der Waals surface area contributed by atoms with Gasteiger partial charge in [-0.25, -0.2) is 0 Å². The molecule has 0 radical (unpaired) electrons. The lowest BCUT2D eigenvalue weighted by molar-refractivity contribution is -0.138. The molecule has 19 heavy (non-hydrogen) atoms. The Balaban J connectivity index is 2.51. The van der Waals surface area contributed by atoms with Crippen LogP contribution in [0.5, 0.6) is 11.5 Å². The second-order valence-electron chi connectivity index (χ2n) is 3.75. The Hall–Kier alpha value is -2.30. The molecule has 0 aliphatic rings. The van der Waals surface area contributed by atoms with E-state index >= 15 is 0 Å². The fourth-order valence-corrected chi connectivity index (χ4v) is 1.59. The minimum absolute atomic E-state index is 0.140.